The molecule has 0 unspecified atom stereocenters. The second kappa shape index (κ2) is 5.64. The van der Waals surface area contributed by atoms with Crippen molar-refractivity contribution in [3.05, 3.63) is 70.8 Å². The van der Waals surface area contributed by atoms with E-state index < -0.39 is 0 Å². The van der Waals surface area contributed by atoms with E-state index in [0.717, 1.165) is 24.9 Å². The van der Waals surface area contributed by atoms with Gasteiger partial charge in [-0.1, -0.05) is 57.2 Å². The molecule has 2 N–H and O–H groups in total. The summed E-state index contributed by atoms with van der Waals surface area (Å²) < 4.78 is 0. The van der Waals surface area contributed by atoms with Crippen molar-refractivity contribution in [2.24, 2.45) is 0 Å². The smallest absolute Gasteiger partial charge is 0.0316 e. The maximum absolute atomic E-state index is 5.92. The van der Waals surface area contributed by atoms with E-state index in [4.69, 9.17) is 5.73 Å². The molecule has 0 spiro atoms. The van der Waals surface area contributed by atoms with Crippen LogP contribution in [0.1, 0.15) is 49.4 Å². The zero-order valence-corrected chi connectivity index (χ0v) is 13.8. The molecule has 1 nitrogen and oxygen atoms in total. The van der Waals surface area contributed by atoms with E-state index >= 15 is 0 Å². The van der Waals surface area contributed by atoms with E-state index in [1.807, 2.05) is 6.07 Å². The summed E-state index contributed by atoms with van der Waals surface area (Å²) in [7, 11) is 0. The average Bonchev–Trinajstić information content (AvgIpc) is 2.68. The number of nitrogens with two attached hydrogens (primary N) is 1. The summed E-state index contributed by atoms with van der Waals surface area (Å²) in [6, 6.07) is 15.4. The topological polar surface area (TPSA) is 26.0 Å². The monoisotopic (exact) mass is 291 g/mol. The van der Waals surface area contributed by atoms with Crippen molar-refractivity contribution in [2.45, 2.75) is 45.4 Å². The van der Waals surface area contributed by atoms with Gasteiger partial charge in [0.15, 0.2) is 0 Å². The number of hydrogen-bond acceptors (Lipinski definition) is 1. The van der Waals surface area contributed by atoms with E-state index in [1.165, 1.54) is 27.8 Å². The van der Waals surface area contributed by atoms with Crippen molar-refractivity contribution in [2.75, 3.05) is 5.73 Å². The molecule has 114 valence electrons. The molecule has 0 bridgehead atoms. The fourth-order valence-corrected chi connectivity index (χ4v) is 3.13. The van der Waals surface area contributed by atoms with E-state index in [1.54, 1.807) is 0 Å². The third-order valence-corrected chi connectivity index (χ3v) is 4.54. The summed E-state index contributed by atoms with van der Waals surface area (Å²) in [4.78, 5) is 0. The minimum Gasteiger partial charge on any atom is -0.399 e. The van der Waals surface area contributed by atoms with Gasteiger partial charge in [0.25, 0.3) is 0 Å². The standard InChI is InChI=1S/C21H25N/c1-21(2,3)19-10-7-15(8-11-19)16-5-4-6-17-14-20(22)12-9-18(17)13-16/h5,7-12,14H,4,6,13,22H2,1-3H3. The molecule has 1 aliphatic rings. The van der Waals surface area contributed by atoms with Crippen LogP contribution in [0.2, 0.25) is 0 Å². The minimum absolute atomic E-state index is 0.209. The highest BCUT2D eigenvalue weighted by atomic mass is 14.5. The summed E-state index contributed by atoms with van der Waals surface area (Å²) in [5.41, 5.74) is 14.0. The highest BCUT2D eigenvalue weighted by molar-refractivity contribution is 5.69. The lowest BCUT2D eigenvalue weighted by atomic mass is 9.86. The number of rotatable bonds is 1. The van der Waals surface area contributed by atoms with Crippen LogP contribution in [0, 0.1) is 0 Å². The Bertz CT molecular complexity index is 700. The Balaban J connectivity index is 1.89. The van der Waals surface area contributed by atoms with Crippen LogP contribution in [0.3, 0.4) is 0 Å². The van der Waals surface area contributed by atoms with Crippen LogP contribution in [0.5, 0.6) is 0 Å². The zero-order chi connectivity index (χ0) is 15.7. The highest BCUT2D eigenvalue weighted by Crippen LogP contribution is 2.30. The molecule has 0 aromatic heterocycles. The Hall–Kier alpha value is -2.02. The van der Waals surface area contributed by atoms with Gasteiger partial charge < -0.3 is 5.73 Å². The molecule has 2 aromatic rings. The van der Waals surface area contributed by atoms with E-state index in [2.05, 4.69) is 63.2 Å². The van der Waals surface area contributed by atoms with Crippen LogP contribution in [0.15, 0.2) is 48.5 Å². The number of aryl methyl sites for hydroxylation is 1. The van der Waals surface area contributed by atoms with Gasteiger partial charge >= 0.3 is 0 Å². The molecule has 0 saturated carbocycles. The van der Waals surface area contributed by atoms with Crippen LogP contribution < -0.4 is 5.73 Å². The van der Waals surface area contributed by atoms with Gasteiger partial charge in [-0.25, -0.2) is 0 Å². The number of anilines is 1. The Morgan fingerprint density at radius 3 is 2.32 bits per heavy atom. The molecular formula is C21H25N. The van der Waals surface area contributed by atoms with E-state index in [9.17, 15) is 0 Å². The lowest BCUT2D eigenvalue weighted by Crippen LogP contribution is -2.10. The van der Waals surface area contributed by atoms with Gasteiger partial charge in [0, 0.05) is 5.69 Å². The van der Waals surface area contributed by atoms with Gasteiger partial charge in [0.1, 0.15) is 0 Å². The van der Waals surface area contributed by atoms with Gasteiger partial charge in [-0.15, -0.1) is 0 Å². The summed E-state index contributed by atoms with van der Waals surface area (Å²) in [5.74, 6) is 0. The van der Waals surface area contributed by atoms with Gasteiger partial charge in [-0.05, 0) is 64.6 Å². The van der Waals surface area contributed by atoms with Crippen LogP contribution in [-0.4, -0.2) is 0 Å². The first-order valence-electron chi connectivity index (χ1n) is 8.11. The Labute approximate surface area is 133 Å². The highest BCUT2D eigenvalue weighted by Gasteiger charge is 2.15. The third kappa shape index (κ3) is 3.09. The van der Waals surface area contributed by atoms with E-state index in [0.29, 0.717) is 0 Å². The quantitative estimate of drug-likeness (QED) is 0.723. The Kier molecular flexibility index (Phi) is 3.82. The van der Waals surface area contributed by atoms with Gasteiger partial charge in [0.2, 0.25) is 0 Å². The van der Waals surface area contributed by atoms with Gasteiger partial charge in [-0.2, -0.15) is 0 Å². The number of allylic oxidation sites excluding steroid dienone is 2. The van der Waals surface area contributed by atoms with Crippen LogP contribution in [-0.2, 0) is 18.3 Å². The van der Waals surface area contributed by atoms with Gasteiger partial charge in [0.05, 0.1) is 0 Å². The van der Waals surface area contributed by atoms with Crippen molar-refractivity contribution in [1.29, 1.82) is 0 Å². The number of hydrogen-bond donors (Lipinski definition) is 1. The van der Waals surface area contributed by atoms with E-state index in [-0.39, 0.29) is 5.41 Å². The fraction of sp³-hybridized carbons (Fsp3) is 0.333. The summed E-state index contributed by atoms with van der Waals surface area (Å²) in [6.07, 6.45) is 5.57. The average molecular weight is 291 g/mol. The summed E-state index contributed by atoms with van der Waals surface area (Å²) >= 11 is 0. The van der Waals surface area contributed by atoms with Crippen molar-refractivity contribution in [1.82, 2.24) is 0 Å². The summed E-state index contributed by atoms with van der Waals surface area (Å²) in [5, 5.41) is 0. The molecule has 1 aliphatic carbocycles. The molecule has 0 heterocycles. The van der Waals surface area contributed by atoms with Crippen LogP contribution in [0.25, 0.3) is 5.57 Å². The minimum atomic E-state index is 0.209. The van der Waals surface area contributed by atoms with Crippen molar-refractivity contribution in [3.8, 4) is 0 Å². The first kappa shape index (κ1) is 14.9. The number of benzene rings is 2. The van der Waals surface area contributed by atoms with Crippen molar-refractivity contribution >= 4 is 11.3 Å². The molecule has 1 heteroatoms. The molecule has 0 saturated heterocycles. The molecular weight excluding hydrogens is 266 g/mol. The van der Waals surface area contributed by atoms with Crippen LogP contribution >= 0.6 is 0 Å². The van der Waals surface area contributed by atoms with Crippen molar-refractivity contribution in [3.63, 3.8) is 0 Å². The first-order valence-corrected chi connectivity index (χ1v) is 8.11. The second-order valence-corrected chi connectivity index (χ2v) is 7.30. The second-order valence-electron chi connectivity index (χ2n) is 7.30. The third-order valence-electron chi connectivity index (χ3n) is 4.54. The Morgan fingerprint density at radius 1 is 0.909 bits per heavy atom. The lowest BCUT2D eigenvalue weighted by molar-refractivity contribution is 0.590. The molecule has 2 aromatic carbocycles. The molecule has 0 atom stereocenters. The molecule has 0 aliphatic heterocycles. The molecule has 0 fully saturated rings. The lowest BCUT2D eigenvalue weighted by Gasteiger charge is -2.19. The number of fused-ring (bicyclic) bond motifs is 1. The van der Waals surface area contributed by atoms with Gasteiger partial charge in [-0.3, -0.25) is 0 Å². The maximum Gasteiger partial charge on any atom is 0.0316 e. The summed E-state index contributed by atoms with van der Waals surface area (Å²) in [6.45, 7) is 6.77. The largest absolute Gasteiger partial charge is 0.399 e. The molecule has 0 radical (unpaired) electrons. The molecule has 22 heavy (non-hydrogen) atoms. The van der Waals surface area contributed by atoms with Crippen LogP contribution in [0.4, 0.5) is 5.69 Å². The van der Waals surface area contributed by atoms with Crippen molar-refractivity contribution < 1.29 is 0 Å². The maximum atomic E-state index is 5.92. The molecule has 3 rings (SSSR count). The normalized spacial score (nSPS) is 15.0. The molecule has 0 amide bonds. The SMILES string of the molecule is CC(C)(C)c1ccc(C2=CCCc3cc(N)ccc3C2)cc1. The zero-order valence-electron chi connectivity index (χ0n) is 13.8. The fourth-order valence-electron chi connectivity index (χ4n) is 3.13. The first-order chi connectivity index (χ1) is 10.4. The predicted molar refractivity (Wildman–Crippen MR) is 96.0 cm³/mol. The number of nitrogen functional groups attached to an aromatic ring is 1. The predicted octanol–water partition coefficient (Wildman–Crippen LogP) is 5.14. The Morgan fingerprint density at radius 2 is 1.64 bits per heavy atom.